The number of anilines is 1. The lowest BCUT2D eigenvalue weighted by atomic mass is 10.2. The predicted octanol–water partition coefficient (Wildman–Crippen LogP) is 1.15. The topological polar surface area (TPSA) is 33.7 Å². The van der Waals surface area contributed by atoms with Crippen molar-refractivity contribution in [1.29, 1.82) is 0 Å². The second-order valence-corrected chi connectivity index (χ2v) is 4.75. The average Bonchev–Trinajstić information content (AvgIpc) is 2.34. The Morgan fingerprint density at radius 3 is 2.32 bits per heavy atom. The van der Waals surface area contributed by atoms with Gasteiger partial charge in [0.1, 0.15) is 17.5 Å². The van der Waals surface area contributed by atoms with E-state index in [0.717, 1.165) is 13.1 Å². The van der Waals surface area contributed by atoms with Crippen molar-refractivity contribution in [3.05, 3.63) is 23.8 Å². The van der Waals surface area contributed by atoms with Crippen molar-refractivity contribution in [1.82, 2.24) is 5.32 Å². The van der Waals surface area contributed by atoms with Crippen LogP contribution < -0.4 is 15.0 Å². The monoisotopic (exact) mass is 270 g/mol. The lowest BCUT2D eigenvalue weighted by Crippen LogP contribution is -2.44. The third-order valence-corrected chi connectivity index (χ3v) is 3.33. The molecule has 4 nitrogen and oxygen atoms in total. The van der Waals surface area contributed by atoms with E-state index in [1.807, 2.05) is 0 Å². The normalized spacial score (nSPS) is 20.2. The second kappa shape index (κ2) is 5.30. The van der Waals surface area contributed by atoms with Gasteiger partial charge in [0.2, 0.25) is 0 Å². The number of hydrogen-bond donors (Lipinski definition) is 1. The minimum atomic E-state index is -0.572. The third kappa shape index (κ3) is 2.64. The second-order valence-electron chi connectivity index (χ2n) is 4.75. The van der Waals surface area contributed by atoms with Gasteiger partial charge in [0.25, 0.3) is 0 Å². The Morgan fingerprint density at radius 2 is 1.79 bits per heavy atom. The van der Waals surface area contributed by atoms with E-state index in [4.69, 9.17) is 9.47 Å². The zero-order valence-electron chi connectivity index (χ0n) is 10.5. The number of benzene rings is 1. The number of halogens is 2. The van der Waals surface area contributed by atoms with Gasteiger partial charge in [-0.3, -0.25) is 0 Å². The van der Waals surface area contributed by atoms with Crippen LogP contribution in [-0.2, 0) is 4.74 Å². The van der Waals surface area contributed by atoms with E-state index in [9.17, 15) is 8.78 Å². The molecule has 1 aromatic carbocycles. The summed E-state index contributed by atoms with van der Waals surface area (Å²) in [6.45, 7) is 3.62. The summed E-state index contributed by atoms with van der Waals surface area (Å²) < 4.78 is 38.5. The molecule has 0 aromatic heterocycles. The Bertz CT molecular complexity index is 437. The molecule has 2 aliphatic rings. The fourth-order valence-electron chi connectivity index (χ4n) is 2.28. The highest BCUT2D eigenvalue weighted by atomic mass is 19.1. The maximum Gasteiger partial charge on any atom is 0.153 e. The van der Waals surface area contributed by atoms with Gasteiger partial charge in [-0.05, 0) is 0 Å². The van der Waals surface area contributed by atoms with Gasteiger partial charge in [-0.1, -0.05) is 0 Å². The zero-order valence-corrected chi connectivity index (χ0v) is 10.5. The average molecular weight is 270 g/mol. The van der Waals surface area contributed by atoms with Crippen LogP contribution in [0, 0.1) is 11.6 Å². The Morgan fingerprint density at radius 1 is 1.16 bits per heavy atom. The molecule has 2 heterocycles. The predicted molar refractivity (Wildman–Crippen MR) is 66.7 cm³/mol. The van der Waals surface area contributed by atoms with Crippen molar-refractivity contribution in [2.75, 3.05) is 44.3 Å². The first-order chi connectivity index (χ1) is 9.24. The van der Waals surface area contributed by atoms with Crippen molar-refractivity contribution < 1.29 is 18.3 Å². The van der Waals surface area contributed by atoms with Crippen molar-refractivity contribution in [2.24, 2.45) is 0 Å². The van der Waals surface area contributed by atoms with Gasteiger partial charge in [0.05, 0.1) is 13.2 Å². The lowest BCUT2D eigenvalue weighted by molar-refractivity contribution is -0.0798. The van der Waals surface area contributed by atoms with E-state index in [1.165, 1.54) is 12.1 Å². The quantitative estimate of drug-likeness (QED) is 0.893. The molecule has 0 amide bonds. The molecule has 1 aromatic rings. The molecule has 1 N–H and O–H groups in total. The van der Waals surface area contributed by atoms with Gasteiger partial charge in [-0.2, -0.15) is 0 Å². The van der Waals surface area contributed by atoms with Crippen LogP contribution in [0.5, 0.6) is 5.75 Å². The van der Waals surface area contributed by atoms with E-state index >= 15 is 0 Å². The summed E-state index contributed by atoms with van der Waals surface area (Å²) in [6.07, 6.45) is -0.0937. The highest BCUT2D eigenvalue weighted by Gasteiger charge is 2.23. The Kier molecular flexibility index (Phi) is 3.52. The summed E-state index contributed by atoms with van der Waals surface area (Å²) in [5.41, 5.74) is 0.0405. The van der Waals surface area contributed by atoms with E-state index in [1.54, 1.807) is 4.90 Å². The number of ether oxygens (including phenoxy) is 2. The van der Waals surface area contributed by atoms with Gasteiger partial charge in [-0.25, -0.2) is 8.78 Å². The van der Waals surface area contributed by atoms with Crippen molar-refractivity contribution in [2.45, 2.75) is 6.10 Å². The number of rotatable bonds is 3. The van der Waals surface area contributed by atoms with Crippen LogP contribution in [0.15, 0.2) is 12.1 Å². The van der Waals surface area contributed by atoms with Gasteiger partial charge in [-0.15, -0.1) is 0 Å². The first-order valence-corrected chi connectivity index (χ1v) is 6.43. The zero-order chi connectivity index (χ0) is 13.2. The molecular formula is C13H16F2N2O2. The summed E-state index contributed by atoms with van der Waals surface area (Å²) in [7, 11) is 0. The van der Waals surface area contributed by atoms with Crippen LogP contribution >= 0.6 is 0 Å². The van der Waals surface area contributed by atoms with Crippen molar-refractivity contribution in [3.63, 3.8) is 0 Å². The molecule has 2 fully saturated rings. The van der Waals surface area contributed by atoms with Crippen molar-refractivity contribution in [3.8, 4) is 5.75 Å². The molecule has 0 atom stereocenters. The number of nitrogens with zero attached hydrogens (tertiary/aromatic N) is 1. The SMILES string of the molecule is Fc1cc(OC2COC2)cc(F)c1N1CCNCC1. The van der Waals surface area contributed by atoms with Gasteiger partial charge in [0, 0.05) is 38.3 Å². The van der Waals surface area contributed by atoms with Crippen LogP contribution in [0.3, 0.4) is 0 Å². The first-order valence-electron chi connectivity index (χ1n) is 6.43. The Hall–Kier alpha value is -1.40. The molecule has 2 saturated heterocycles. The molecule has 6 heteroatoms. The smallest absolute Gasteiger partial charge is 0.153 e. The summed E-state index contributed by atoms with van der Waals surface area (Å²) in [5, 5.41) is 3.15. The van der Waals surface area contributed by atoms with Gasteiger partial charge >= 0.3 is 0 Å². The van der Waals surface area contributed by atoms with Crippen LogP contribution in [-0.4, -0.2) is 45.5 Å². The van der Waals surface area contributed by atoms with E-state index in [0.29, 0.717) is 26.3 Å². The number of hydrogen-bond acceptors (Lipinski definition) is 4. The maximum absolute atomic E-state index is 14.1. The molecule has 0 saturated carbocycles. The standard InChI is InChI=1S/C13H16F2N2O2/c14-11-5-9(19-10-7-18-8-10)6-12(15)13(11)17-3-1-16-2-4-17/h5-6,10,16H,1-4,7-8H2. The minimum Gasteiger partial charge on any atom is -0.485 e. The maximum atomic E-state index is 14.1. The molecule has 104 valence electrons. The van der Waals surface area contributed by atoms with E-state index in [2.05, 4.69) is 5.32 Å². The molecular weight excluding hydrogens is 254 g/mol. The molecule has 0 aliphatic carbocycles. The highest BCUT2D eigenvalue weighted by molar-refractivity contribution is 5.52. The summed E-state index contributed by atoms with van der Waals surface area (Å²) in [5.74, 6) is -0.920. The molecule has 19 heavy (non-hydrogen) atoms. The molecule has 0 unspecified atom stereocenters. The van der Waals surface area contributed by atoms with Crippen molar-refractivity contribution >= 4 is 5.69 Å². The van der Waals surface area contributed by atoms with Crippen LogP contribution in [0.4, 0.5) is 14.5 Å². The molecule has 0 spiro atoms. The largest absolute Gasteiger partial charge is 0.485 e. The lowest BCUT2D eigenvalue weighted by Gasteiger charge is -2.31. The van der Waals surface area contributed by atoms with Crippen LogP contribution in [0.2, 0.25) is 0 Å². The fourth-order valence-corrected chi connectivity index (χ4v) is 2.28. The van der Waals surface area contributed by atoms with E-state index in [-0.39, 0.29) is 17.5 Å². The molecule has 3 rings (SSSR count). The van der Waals surface area contributed by atoms with Crippen LogP contribution in [0.1, 0.15) is 0 Å². The Labute approximate surface area is 110 Å². The molecule has 0 bridgehead atoms. The fraction of sp³-hybridized carbons (Fsp3) is 0.538. The van der Waals surface area contributed by atoms with Gasteiger partial charge in [0.15, 0.2) is 11.6 Å². The Balaban J connectivity index is 1.80. The van der Waals surface area contributed by atoms with Gasteiger partial charge < -0.3 is 19.7 Å². The van der Waals surface area contributed by atoms with Crippen LogP contribution in [0.25, 0.3) is 0 Å². The number of nitrogens with one attached hydrogen (secondary N) is 1. The molecule has 2 aliphatic heterocycles. The van der Waals surface area contributed by atoms with E-state index < -0.39 is 11.6 Å². The first kappa shape index (κ1) is 12.6. The summed E-state index contributed by atoms with van der Waals surface area (Å²) >= 11 is 0. The summed E-state index contributed by atoms with van der Waals surface area (Å²) in [4.78, 5) is 1.72. The highest BCUT2D eigenvalue weighted by Crippen LogP contribution is 2.29. The summed E-state index contributed by atoms with van der Waals surface area (Å²) in [6, 6.07) is 2.50. The third-order valence-electron chi connectivity index (χ3n) is 3.33. The number of piperazine rings is 1. The minimum absolute atomic E-state index is 0.0405. The molecule has 0 radical (unpaired) electrons.